The molecule has 0 rings (SSSR count). The molecule has 8 heteroatoms. The normalized spacial score (nSPS) is 15.9. The summed E-state index contributed by atoms with van der Waals surface area (Å²) < 4.78 is 8.26. The number of nitrogens with one attached hydrogen (secondary N) is 1. The van der Waals surface area contributed by atoms with Crippen molar-refractivity contribution in [2.24, 2.45) is 9.51 Å². The lowest BCUT2D eigenvalue weighted by atomic mass is 10.5. The van der Waals surface area contributed by atoms with Crippen LogP contribution in [0.25, 0.3) is 0 Å². The van der Waals surface area contributed by atoms with Crippen LogP contribution in [0.3, 0.4) is 0 Å². The second kappa shape index (κ2) is 7.52. The van der Waals surface area contributed by atoms with Crippen LogP contribution in [-0.2, 0) is 0 Å². The summed E-state index contributed by atoms with van der Waals surface area (Å²) in [5, 5.41) is 9.35. The van der Waals surface area contributed by atoms with Crippen molar-refractivity contribution < 1.29 is 0 Å². The quantitative estimate of drug-likeness (QED) is 0.238. The van der Waals surface area contributed by atoms with Crippen LogP contribution >= 0.6 is 7.36 Å². The van der Waals surface area contributed by atoms with Crippen LogP contribution in [0.4, 0.5) is 0 Å². The summed E-state index contributed by atoms with van der Waals surface area (Å²) in [6.45, 7) is 32.0. The van der Waals surface area contributed by atoms with E-state index in [2.05, 4.69) is 86.7 Å². The fourth-order valence-electron chi connectivity index (χ4n) is 2.93. The van der Waals surface area contributed by atoms with Crippen molar-refractivity contribution in [3.8, 4) is 0 Å². The Kier molecular flexibility index (Phi) is 7.53. The number of hydrogen-bond donors (Lipinski definition) is 1. The molecule has 0 saturated heterocycles. The van der Waals surface area contributed by atoms with Gasteiger partial charge < -0.3 is 4.41 Å². The Morgan fingerprint density at radius 3 is 1.48 bits per heavy atom. The molecule has 0 saturated carbocycles. The molecule has 0 aliphatic rings. The zero-order valence-corrected chi connectivity index (χ0v) is 21.4. The van der Waals surface area contributed by atoms with E-state index in [1.807, 2.05) is 13.8 Å². The van der Waals surface area contributed by atoms with E-state index in [9.17, 15) is 0 Å². The summed E-state index contributed by atoms with van der Waals surface area (Å²) in [5.41, 5.74) is 1.03. The zero-order valence-electron chi connectivity index (χ0n) is 17.5. The monoisotopic (exact) mass is 390 g/mol. The van der Waals surface area contributed by atoms with Gasteiger partial charge in [0.15, 0.2) is 8.24 Å². The summed E-state index contributed by atoms with van der Waals surface area (Å²) >= 11 is 0. The molecule has 23 heavy (non-hydrogen) atoms. The maximum Gasteiger partial charge on any atom is 0.174 e. The highest BCUT2D eigenvalue weighted by atomic mass is 31.2. The minimum Gasteiger partial charge on any atom is -0.304 e. The summed E-state index contributed by atoms with van der Waals surface area (Å²) in [6.07, 6.45) is 0. The van der Waals surface area contributed by atoms with Crippen molar-refractivity contribution in [3.63, 3.8) is 0 Å². The first-order chi connectivity index (χ1) is 9.93. The molecule has 136 valence electrons. The molecule has 0 aliphatic carbocycles. The molecule has 4 nitrogen and oxygen atoms in total. The highest BCUT2D eigenvalue weighted by Gasteiger charge is 2.45. The number of hydrazone groups is 1. The predicted octanol–water partition coefficient (Wildman–Crippen LogP) is 6.34. The van der Waals surface area contributed by atoms with Crippen molar-refractivity contribution in [1.29, 1.82) is 0 Å². The highest BCUT2D eigenvalue weighted by Crippen LogP contribution is 2.61. The maximum atomic E-state index is 5.47. The van der Waals surface area contributed by atoms with Gasteiger partial charge in [0, 0.05) is 5.71 Å². The number of nitrogens with zero attached hydrogens (tertiary/aromatic N) is 3. The number of rotatable bonds is 7. The Hall–Kier alpha value is 0.0506. The standard InChI is InChI=1S/C15H39N4PSi3/c1-14(2)16-17-20(15(3)4,18-21(5,6)7)19(22(8,9)10)23(11,12)13/h17H,3H2,1-2,4-13H3. The van der Waals surface area contributed by atoms with Gasteiger partial charge in [-0.1, -0.05) is 45.9 Å². The first-order valence-electron chi connectivity index (χ1n) is 8.32. The topological polar surface area (TPSA) is 40.0 Å². The summed E-state index contributed by atoms with van der Waals surface area (Å²) in [5.74, 6) is 0. The van der Waals surface area contributed by atoms with Gasteiger partial charge in [0.05, 0.1) is 0 Å². The van der Waals surface area contributed by atoms with Crippen LogP contribution in [0.1, 0.15) is 20.8 Å². The molecule has 0 heterocycles. The Morgan fingerprint density at radius 2 is 1.26 bits per heavy atom. The third kappa shape index (κ3) is 6.82. The fraction of sp³-hybridized carbons (Fsp3) is 0.800. The molecule has 0 fully saturated rings. The van der Waals surface area contributed by atoms with E-state index in [0.29, 0.717) is 0 Å². The maximum absolute atomic E-state index is 5.47. The molecule has 0 aromatic rings. The molecule has 0 aromatic heterocycles. The highest BCUT2D eigenvalue weighted by molar-refractivity contribution is 7.71. The molecule has 1 atom stereocenters. The Balaban J connectivity index is 6.81. The van der Waals surface area contributed by atoms with Gasteiger partial charge in [0.25, 0.3) is 0 Å². The Morgan fingerprint density at radius 1 is 0.870 bits per heavy atom. The molecule has 0 aromatic carbocycles. The third-order valence-electron chi connectivity index (χ3n) is 2.95. The molecule has 0 amide bonds. The van der Waals surface area contributed by atoms with Crippen LogP contribution in [0.2, 0.25) is 58.9 Å². The van der Waals surface area contributed by atoms with E-state index in [-0.39, 0.29) is 0 Å². The van der Waals surface area contributed by atoms with Crippen molar-refractivity contribution in [2.75, 3.05) is 0 Å². The predicted molar refractivity (Wildman–Crippen MR) is 118 cm³/mol. The minimum atomic E-state index is -2.09. The van der Waals surface area contributed by atoms with Gasteiger partial charge in [0.2, 0.25) is 0 Å². The van der Waals surface area contributed by atoms with E-state index in [1.165, 1.54) is 0 Å². The second-order valence-corrected chi connectivity index (χ2v) is 27.9. The van der Waals surface area contributed by atoms with E-state index in [1.54, 1.807) is 0 Å². The van der Waals surface area contributed by atoms with E-state index in [0.717, 1.165) is 11.0 Å². The number of allylic oxidation sites excluding steroid dienone is 1. The van der Waals surface area contributed by atoms with Crippen molar-refractivity contribution in [3.05, 3.63) is 11.9 Å². The first-order valence-corrected chi connectivity index (χ1v) is 20.4. The van der Waals surface area contributed by atoms with Gasteiger partial charge in [-0.05, 0) is 45.7 Å². The van der Waals surface area contributed by atoms with Crippen molar-refractivity contribution >= 4 is 37.8 Å². The van der Waals surface area contributed by atoms with Gasteiger partial charge in [-0.15, -0.1) is 0 Å². The molecule has 1 N–H and O–H groups in total. The SMILES string of the molecule is C=C(C)P(=N[Si](C)(C)C)(NN=C(C)C)N([Si](C)(C)C)[Si](C)(C)C. The van der Waals surface area contributed by atoms with E-state index in [4.69, 9.17) is 4.41 Å². The fourth-order valence-corrected chi connectivity index (χ4v) is 25.7. The lowest BCUT2D eigenvalue weighted by Gasteiger charge is -2.51. The van der Waals surface area contributed by atoms with Crippen molar-refractivity contribution in [1.82, 2.24) is 9.20 Å². The molecular weight excluding hydrogens is 351 g/mol. The van der Waals surface area contributed by atoms with Crippen LogP contribution in [-0.4, -0.2) is 34.4 Å². The summed E-state index contributed by atoms with van der Waals surface area (Å²) in [6, 6.07) is 0. The lowest BCUT2D eigenvalue weighted by molar-refractivity contribution is 0.900. The van der Waals surface area contributed by atoms with Gasteiger partial charge in [0.1, 0.15) is 23.8 Å². The molecule has 0 radical (unpaired) electrons. The summed E-state index contributed by atoms with van der Waals surface area (Å²) in [7, 11) is -6.97. The first kappa shape index (κ1) is 23.1. The van der Waals surface area contributed by atoms with Gasteiger partial charge in [-0.3, -0.25) is 9.20 Å². The lowest BCUT2D eigenvalue weighted by Crippen LogP contribution is -2.58. The van der Waals surface area contributed by atoms with Crippen LogP contribution < -0.4 is 5.20 Å². The number of hydrogen-bond acceptors (Lipinski definition) is 2. The molecule has 0 aliphatic heterocycles. The Bertz CT molecular complexity index is 504. The van der Waals surface area contributed by atoms with Crippen LogP contribution in [0.5, 0.6) is 0 Å². The summed E-state index contributed by atoms with van der Waals surface area (Å²) in [4.78, 5) is 0. The average molecular weight is 391 g/mol. The van der Waals surface area contributed by atoms with E-state index < -0.39 is 32.1 Å². The van der Waals surface area contributed by atoms with Gasteiger partial charge in [-0.2, -0.15) is 5.10 Å². The van der Waals surface area contributed by atoms with Crippen LogP contribution in [0.15, 0.2) is 21.4 Å². The minimum absolute atomic E-state index is 1.03. The molecule has 0 spiro atoms. The molecule has 1 unspecified atom stereocenters. The smallest absolute Gasteiger partial charge is 0.174 e. The largest absolute Gasteiger partial charge is 0.304 e. The third-order valence-corrected chi connectivity index (χ3v) is 20.4. The second-order valence-electron chi connectivity index (χ2n) is 9.42. The van der Waals surface area contributed by atoms with E-state index >= 15 is 0 Å². The van der Waals surface area contributed by atoms with Crippen molar-refractivity contribution in [2.45, 2.75) is 79.7 Å². The Labute approximate surface area is 148 Å². The van der Waals surface area contributed by atoms with Crippen LogP contribution in [0, 0.1) is 0 Å². The van der Waals surface area contributed by atoms with Gasteiger partial charge in [-0.25, -0.2) is 0 Å². The molecular formula is C15H39N4PSi3. The van der Waals surface area contributed by atoms with Gasteiger partial charge >= 0.3 is 0 Å². The molecule has 0 bridgehead atoms. The zero-order chi connectivity index (χ0) is 18.9. The average Bonchev–Trinajstić information content (AvgIpc) is 2.18.